The molecule has 0 bridgehead atoms. The van der Waals surface area contributed by atoms with Crippen LogP contribution in [0, 0.1) is 11.7 Å². The summed E-state index contributed by atoms with van der Waals surface area (Å²) in [6.07, 6.45) is 4.91. The van der Waals surface area contributed by atoms with Crippen LogP contribution in [-0.4, -0.2) is 21.1 Å². The highest BCUT2D eigenvalue weighted by molar-refractivity contribution is 7.71. The number of rotatable bonds is 5. The van der Waals surface area contributed by atoms with Gasteiger partial charge >= 0.3 is 0 Å². The standard InChI is InChI=1S/C14H18N4S/c1-3-4-8-13-16-17-14(19)18(13)15-10-12-7-5-6-11(2)9-12/h5-7,9-10H,3-4,8H2,1-2H3,(H,17,19)/b15-10+. The number of hydrogen-bond donors (Lipinski definition) is 1. The average molecular weight is 274 g/mol. The molecule has 1 heterocycles. The SMILES string of the molecule is CCCCc1n[nH]c(=S)n1/N=C/c1cccc(C)c1. The average Bonchev–Trinajstić information content (AvgIpc) is 2.75. The summed E-state index contributed by atoms with van der Waals surface area (Å²) in [6, 6.07) is 8.18. The molecule has 1 aromatic carbocycles. The van der Waals surface area contributed by atoms with Gasteiger partial charge in [-0.25, -0.2) is 0 Å². The van der Waals surface area contributed by atoms with Crippen molar-refractivity contribution in [3.63, 3.8) is 0 Å². The summed E-state index contributed by atoms with van der Waals surface area (Å²) in [7, 11) is 0. The number of hydrogen-bond acceptors (Lipinski definition) is 3. The molecule has 0 aliphatic heterocycles. The van der Waals surface area contributed by atoms with Gasteiger partial charge in [0.15, 0.2) is 5.82 Å². The van der Waals surface area contributed by atoms with Crippen molar-refractivity contribution in [3.8, 4) is 0 Å². The van der Waals surface area contributed by atoms with E-state index in [1.54, 1.807) is 4.68 Å². The molecule has 4 nitrogen and oxygen atoms in total. The van der Waals surface area contributed by atoms with E-state index in [1.807, 2.05) is 18.3 Å². The summed E-state index contributed by atoms with van der Waals surface area (Å²) in [5.41, 5.74) is 2.27. The van der Waals surface area contributed by atoms with Crippen LogP contribution in [-0.2, 0) is 6.42 Å². The van der Waals surface area contributed by atoms with E-state index in [-0.39, 0.29) is 0 Å². The number of nitrogens with one attached hydrogen (secondary N) is 1. The third kappa shape index (κ3) is 3.61. The molecule has 0 radical (unpaired) electrons. The number of benzene rings is 1. The Morgan fingerprint density at radius 1 is 1.47 bits per heavy atom. The summed E-state index contributed by atoms with van der Waals surface area (Å²) < 4.78 is 2.24. The highest BCUT2D eigenvalue weighted by Crippen LogP contribution is 2.05. The Hall–Kier alpha value is -1.75. The first kappa shape index (κ1) is 13.7. The smallest absolute Gasteiger partial charge is 0.216 e. The predicted octanol–water partition coefficient (Wildman–Crippen LogP) is 3.47. The number of aromatic nitrogens is 3. The quantitative estimate of drug-likeness (QED) is 0.670. The minimum atomic E-state index is 0.537. The van der Waals surface area contributed by atoms with E-state index < -0.39 is 0 Å². The van der Waals surface area contributed by atoms with Crippen molar-refractivity contribution in [2.75, 3.05) is 0 Å². The lowest BCUT2D eigenvalue weighted by atomic mass is 10.2. The largest absolute Gasteiger partial charge is 0.250 e. The Morgan fingerprint density at radius 3 is 3.05 bits per heavy atom. The predicted molar refractivity (Wildman–Crippen MR) is 80.2 cm³/mol. The summed E-state index contributed by atoms with van der Waals surface area (Å²) in [6.45, 7) is 4.22. The van der Waals surface area contributed by atoms with Crippen LogP contribution in [0.4, 0.5) is 0 Å². The second-order valence-corrected chi connectivity index (χ2v) is 4.91. The topological polar surface area (TPSA) is 46.0 Å². The molecule has 0 aliphatic rings. The van der Waals surface area contributed by atoms with Gasteiger partial charge in [-0.05, 0) is 31.1 Å². The van der Waals surface area contributed by atoms with Crippen LogP contribution in [0.25, 0.3) is 0 Å². The number of unbranched alkanes of at least 4 members (excludes halogenated alkanes) is 1. The molecule has 0 aliphatic carbocycles. The summed E-state index contributed by atoms with van der Waals surface area (Å²) in [4.78, 5) is 0. The molecule has 0 saturated carbocycles. The van der Waals surface area contributed by atoms with Gasteiger partial charge < -0.3 is 0 Å². The number of aromatic amines is 1. The molecule has 1 aromatic heterocycles. The maximum absolute atomic E-state index is 5.20. The highest BCUT2D eigenvalue weighted by atomic mass is 32.1. The lowest BCUT2D eigenvalue weighted by Gasteiger charge is -1.99. The van der Waals surface area contributed by atoms with Gasteiger partial charge in [0.25, 0.3) is 0 Å². The molecule has 0 amide bonds. The maximum Gasteiger partial charge on any atom is 0.216 e. The normalized spacial score (nSPS) is 11.3. The zero-order valence-corrected chi connectivity index (χ0v) is 12.1. The maximum atomic E-state index is 5.20. The molecule has 0 saturated heterocycles. The molecule has 2 rings (SSSR count). The Labute approximate surface area is 118 Å². The van der Waals surface area contributed by atoms with Gasteiger partial charge in [0.05, 0.1) is 6.21 Å². The first-order valence-corrected chi connectivity index (χ1v) is 6.89. The first-order chi connectivity index (χ1) is 9.20. The van der Waals surface area contributed by atoms with Crippen molar-refractivity contribution >= 4 is 18.4 Å². The van der Waals surface area contributed by atoms with E-state index in [2.05, 4.69) is 41.3 Å². The fourth-order valence-corrected chi connectivity index (χ4v) is 2.01. The van der Waals surface area contributed by atoms with Crippen LogP contribution < -0.4 is 0 Å². The molecule has 0 unspecified atom stereocenters. The van der Waals surface area contributed by atoms with E-state index in [1.165, 1.54) is 5.56 Å². The third-order valence-corrected chi connectivity index (χ3v) is 3.10. The Morgan fingerprint density at radius 2 is 2.32 bits per heavy atom. The lowest BCUT2D eigenvalue weighted by molar-refractivity contribution is 0.700. The van der Waals surface area contributed by atoms with Gasteiger partial charge in [0.2, 0.25) is 4.77 Å². The molecule has 1 N–H and O–H groups in total. The molecular formula is C14H18N4S. The van der Waals surface area contributed by atoms with Gasteiger partial charge in [-0.3, -0.25) is 5.10 Å². The minimum absolute atomic E-state index is 0.537. The second kappa shape index (κ2) is 6.43. The van der Waals surface area contributed by atoms with Gasteiger partial charge in [-0.15, -0.1) is 0 Å². The minimum Gasteiger partial charge on any atom is -0.250 e. The van der Waals surface area contributed by atoms with Gasteiger partial charge in [-0.2, -0.15) is 14.9 Å². The van der Waals surface area contributed by atoms with Crippen LogP contribution >= 0.6 is 12.2 Å². The van der Waals surface area contributed by atoms with Crippen LogP contribution in [0.15, 0.2) is 29.4 Å². The monoisotopic (exact) mass is 274 g/mol. The second-order valence-electron chi connectivity index (χ2n) is 4.52. The number of H-pyrrole nitrogens is 1. The van der Waals surface area contributed by atoms with E-state index in [0.29, 0.717) is 4.77 Å². The molecule has 0 atom stereocenters. The summed E-state index contributed by atoms with van der Waals surface area (Å²) >= 11 is 5.20. The Balaban J connectivity index is 2.23. The van der Waals surface area contributed by atoms with E-state index in [9.17, 15) is 0 Å². The van der Waals surface area contributed by atoms with Crippen molar-refractivity contribution in [1.29, 1.82) is 0 Å². The molecule has 5 heteroatoms. The molecular weight excluding hydrogens is 256 g/mol. The zero-order chi connectivity index (χ0) is 13.7. The van der Waals surface area contributed by atoms with Crippen LogP contribution in [0.1, 0.15) is 36.7 Å². The summed E-state index contributed by atoms with van der Waals surface area (Å²) in [5.74, 6) is 0.885. The van der Waals surface area contributed by atoms with Crippen LogP contribution in [0.2, 0.25) is 0 Å². The summed E-state index contributed by atoms with van der Waals surface area (Å²) in [5, 5.41) is 11.4. The van der Waals surface area contributed by atoms with Crippen molar-refractivity contribution in [3.05, 3.63) is 46.0 Å². The van der Waals surface area contributed by atoms with Gasteiger partial charge in [0, 0.05) is 6.42 Å². The fourth-order valence-electron chi connectivity index (χ4n) is 1.81. The highest BCUT2D eigenvalue weighted by Gasteiger charge is 2.03. The van der Waals surface area contributed by atoms with E-state index >= 15 is 0 Å². The van der Waals surface area contributed by atoms with E-state index in [4.69, 9.17) is 12.2 Å². The Bertz CT molecular complexity index is 624. The zero-order valence-electron chi connectivity index (χ0n) is 11.3. The van der Waals surface area contributed by atoms with Crippen molar-refractivity contribution in [2.45, 2.75) is 33.1 Å². The van der Waals surface area contributed by atoms with Gasteiger partial charge in [0.1, 0.15) is 0 Å². The van der Waals surface area contributed by atoms with Crippen molar-refractivity contribution in [2.24, 2.45) is 5.10 Å². The van der Waals surface area contributed by atoms with Crippen molar-refractivity contribution in [1.82, 2.24) is 14.9 Å². The molecule has 0 spiro atoms. The van der Waals surface area contributed by atoms with Crippen molar-refractivity contribution < 1.29 is 0 Å². The first-order valence-electron chi connectivity index (χ1n) is 6.48. The van der Waals surface area contributed by atoms with Crippen LogP contribution in [0.5, 0.6) is 0 Å². The van der Waals surface area contributed by atoms with Gasteiger partial charge in [-0.1, -0.05) is 43.2 Å². The molecule has 19 heavy (non-hydrogen) atoms. The lowest BCUT2D eigenvalue weighted by Crippen LogP contribution is -1.99. The Kier molecular flexibility index (Phi) is 4.63. The molecule has 100 valence electrons. The fraction of sp³-hybridized carbons (Fsp3) is 0.357. The van der Waals surface area contributed by atoms with Crippen LogP contribution in [0.3, 0.4) is 0 Å². The number of nitrogens with zero attached hydrogens (tertiary/aromatic N) is 3. The molecule has 0 fully saturated rings. The third-order valence-electron chi connectivity index (χ3n) is 2.84. The van der Waals surface area contributed by atoms with E-state index in [0.717, 1.165) is 30.7 Å². The number of aryl methyl sites for hydroxylation is 2. The molecule has 2 aromatic rings.